The van der Waals surface area contributed by atoms with Gasteiger partial charge >= 0.3 is 0 Å². The smallest absolute Gasteiger partial charge is 0.0434 e. The quantitative estimate of drug-likeness (QED) is 0.359. The average molecular weight is 301 g/mol. The van der Waals surface area contributed by atoms with E-state index in [0.29, 0.717) is 0 Å². The maximum atomic E-state index is 5.46. The highest BCUT2D eigenvalue weighted by molar-refractivity contribution is 7.12. The second-order valence-corrected chi connectivity index (χ2v) is 6.87. The Bertz CT molecular complexity index is 467. The lowest BCUT2D eigenvalue weighted by Crippen LogP contribution is -1.89. The van der Waals surface area contributed by atoms with Crippen molar-refractivity contribution in [3.63, 3.8) is 0 Å². The molecule has 0 amide bonds. The molecule has 114 valence electrons. The lowest BCUT2D eigenvalue weighted by Gasteiger charge is -2.02. The van der Waals surface area contributed by atoms with E-state index in [0.717, 1.165) is 19.3 Å². The third kappa shape index (κ3) is 7.40. The summed E-state index contributed by atoms with van der Waals surface area (Å²) in [6.07, 6.45) is 24.4. The van der Waals surface area contributed by atoms with E-state index >= 15 is 0 Å². The van der Waals surface area contributed by atoms with Crippen LogP contribution in [0, 0.1) is 24.7 Å². The van der Waals surface area contributed by atoms with Crippen LogP contribution in [0.2, 0.25) is 0 Å². The molecule has 0 aliphatic rings. The van der Waals surface area contributed by atoms with Crippen LogP contribution in [-0.2, 0) is 19.3 Å². The predicted molar refractivity (Wildman–Crippen MR) is 95.7 cm³/mol. The molecule has 0 nitrogen and oxygen atoms in total. The Kier molecular flexibility index (Phi) is 9.77. The summed E-state index contributed by atoms with van der Waals surface area (Å²) in [5.41, 5.74) is 1.44. The van der Waals surface area contributed by atoms with E-state index in [4.69, 9.17) is 12.8 Å². The Morgan fingerprint density at radius 1 is 0.905 bits per heavy atom. The maximum absolute atomic E-state index is 5.46. The first kappa shape index (κ1) is 17.9. The van der Waals surface area contributed by atoms with Crippen LogP contribution in [0.1, 0.15) is 73.6 Å². The molecule has 0 unspecified atom stereocenters. The topological polar surface area (TPSA) is 0 Å². The Hall–Kier alpha value is -1.18. The Balaban J connectivity index is 2.27. The molecular formula is C20H28S. The summed E-state index contributed by atoms with van der Waals surface area (Å²) in [5.74, 6) is 5.49. The molecule has 0 spiro atoms. The van der Waals surface area contributed by atoms with Crippen LogP contribution in [0.3, 0.4) is 0 Å². The van der Waals surface area contributed by atoms with Crippen molar-refractivity contribution in [1.82, 2.24) is 0 Å². The maximum Gasteiger partial charge on any atom is 0.0434 e. The molecule has 0 aliphatic heterocycles. The van der Waals surface area contributed by atoms with Gasteiger partial charge in [-0.15, -0.1) is 36.0 Å². The van der Waals surface area contributed by atoms with Gasteiger partial charge in [0.05, 0.1) is 0 Å². The molecule has 0 atom stereocenters. The van der Waals surface area contributed by atoms with Gasteiger partial charge in [-0.3, -0.25) is 0 Å². The largest absolute Gasteiger partial charge is 0.143 e. The van der Waals surface area contributed by atoms with Crippen molar-refractivity contribution in [3.8, 4) is 24.7 Å². The minimum atomic E-state index is 0.736. The molecule has 0 bridgehead atoms. The zero-order valence-corrected chi connectivity index (χ0v) is 14.2. The molecule has 0 aliphatic carbocycles. The van der Waals surface area contributed by atoms with E-state index in [2.05, 4.69) is 24.8 Å². The van der Waals surface area contributed by atoms with Crippen molar-refractivity contribution >= 4 is 11.3 Å². The van der Waals surface area contributed by atoms with Crippen LogP contribution in [0.25, 0.3) is 0 Å². The summed E-state index contributed by atoms with van der Waals surface area (Å²) in [5, 5.41) is 0. The molecule has 1 heterocycles. The van der Waals surface area contributed by atoms with Crippen LogP contribution >= 0.6 is 11.3 Å². The van der Waals surface area contributed by atoms with Gasteiger partial charge in [0.25, 0.3) is 0 Å². The van der Waals surface area contributed by atoms with E-state index in [-0.39, 0.29) is 0 Å². The third-order valence-electron chi connectivity index (χ3n) is 3.79. The molecule has 1 heteroatoms. The molecule has 0 fully saturated rings. The van der Waals surface area contributed by atoms with Crippen LogP contribution in [0.4, 0.5) is 0 Å². The van der Waals surface area contributed by atoms with Crippen molar-refractivity contribution in [2.45, 2.75) is 77.6 Å². The van der Waals surface area contributed by atoms with E-state index in [1.54, 1.807) is 11.3 Å². The fourth-order valence-electron chi connectivity index (χ4n) is 2.62. The molecular weight excluding hydrogens is 272 g/mol. The van der Waals surface area contributed by atoms with E-state index in [1.807, 2.05) is 0 Å². The summed E-state index contributed by atoms with van der Waals surface area (Å²) < 4.78 is 0. The summed E-state index contributed by atoms with van der Waals surface area (Å²) in [4.78, 5) is 2.64. The zero-order chi connectivity index (χ0) is 15.3. The van der Waals surface area contributed by atoms with Gasteiger partial charge in [0, 0.05) is 22.6 Å². The zero-order valence-electron chi connectivity index (χ0n) is 13.4. The molecule has 0 N–H and O–H groups in total. The number of rotatable bonds is 11. The number of terminal acetylenes is 2. The first-order chi connectivity index (χ1) is 10.3. The van der Waals surface area contributed by atoms with Gasteiger partial charge in [0.15, 0.2) is 0 Å². The highest BCUT2D eigenvalue weighted by Crippen LogP contribution is 2.25. The van der Waals surface area contributed by atoms with Crippen LogP contribution < -0.4 is 0 Å². The molecule has 1 aromatic rings. The molecule has 0 radical (unpaired) electrons. The van der Waals surface area contributed by atoms with Gasteiger partial charge in [0.1, 0.15) is 0 Å². The third-order valence-corrected chi connectivity index (χ3v) is 4.96. The molecule has 0 saturated carbocycles. The van der Waals surface area contributed by atoms with Crippen molar-refractivity contribution in [1.29, 1.82) is 0 Å². The molecule has 21 heavy (non-hydrogen) atoms. The van der Waals surface area contributed by atoms with Crippen molar-refractivity contribution < 1.29 is 0 Å². The van der Waals surface area contributed by atoms with Gasteiger partial charge in [0.2, 0.25) is 0 Å². The lowest BCUT2D eigenvalue weighted by molar-refractivity contribution is 0.575. The SMILES string of the molecule is C#CCc1cc(CCCCCCCCCC)c(CC#C)s1. The standard InChI is InChI=1S/C20H28S/c1-4-7-8-9-10-11-12-13-16-18-17-19(14-5-2)21-20(18)15-6-3/h2-3,17H,4,7-16H2,1H3. The van der Waals surface area contributed by atoms with Gasteiger partial charge in [-0.05, 0) is 24.5 Å². The summed E-state index contributed by atoms with van der Waals surface area (Å²) in [7, 11) is 0. The first-order valence-electron chi connectivity index (χ1n) is 8.29. The number of aryl methyl sites for hydroxylation is 1. The molecule has 0 saturated heterocycles. The van der Waals surface area contributed by atoms with Crippen LogP contribution in [-0.4, -0.2) is 0 Å². The van der Waals surface area contributed by atoms with E-state index in [1.165, 1.54) is 66.7 Å². The van der Waals surface area contributed by atoms with Crippen LogP contribution in [0.15, 0.2) is 6.07 Å². The minimum Gasteiger partial charge on any atom is -0.143 e. The van der Waals surface area contributed by atoms with Crippen molar-refractivity contribution in [3.05, 3.63) is 21.4 Å². The Morgan fingerprint density at radius 2 is 1.52 bits per heavy atom. The molecule has 1 rings (SSSR count). The fourth-order valence-corrected chi connectivity index (χ4v) is 3.74. The van der Waals surface area contributed by atoms with Crippen molar-refractivity contribution in [2.24, 2.45) is 0 Å². The number of hydrogen-bond donors (Lipinski definition) is 0. The molecule has 0 aromatic carbocycles. The van der Waals surface area contributed by atoms with E-state index < -0.39 is 0 Å². The summed E-state index contributed by atoms with van der Waals surface area (Å²) in [6, 6.07) is 2.28. The highest BCUT2D eigenvalue weighted by Gasteiger charge is 2.07. The Morgan fingerprint density at radius 3 is 2.14 bits per heavy atom. The number of hydrogen-bond acceptors (Lipinski definition) is 1. The first-order valence-corrected chi connectivity index (χ1v) is 9.10. The second kappa shape index (κ2) is 11.5. The van der Waals surface area contributed by atoms with Crippen molar-refractivity contribution in [2.75, 3.05) is 0 Å². The molecule has 1 aromatic heterocycles. The fraction of sp³-hybridized carbons (Fsp3) is 0.600. The highest BCUT2D eigenvalue weighted by atomic mass is 32.1. The van der Waals surface area contributed by atoms with Gasteiger partial charge in [-0.25, -0.2) is 0 Å². The van der Waals surface area contributed by atoms with Gasteiger partial charge in [-0.1, -0.05) is 51.9 Å². The second-order valence-electron chi connectivity index (χ2n) is 5.65. The lowest BCUT2D eigenvalue weighted by atomic mass is 10.0. The normalized spacial score (nSPS) is 10.2. The summed E-state index contributed by atoms with van der Waals surface area (Å²) >= 11 is 1.80. The number of unbranched alkanes of at least 4 members (excludes halogenated alkanes) is 7. The predicted octanol–water partition coefficient (Wildman–Crippen LogP) is 5.78. The minimum absolute atomic E-state index is 0.736. The van der Waals surface area contributed by atoms with Gasteiger partial charge in [-0.2, -0.15) is 0 Å². The monoisotopic (exact) mass is 300 g/mol. The Labute approximate surface area is 135 Å². The van der Waals surface area contributed by atoms with E-state index in [9.17, 15) is 0 Å². The van der Waals surface area contributed by atoms with Gasteiger partial charge < -0.3 is 0 Å². The summed E-state index contributed by atoms with van der Waals surface area (Å²) in [6.45, 7) is 2.27. The number of thiophene rings is 1. The van der Waals surface area contributed by atoms with Crippen LogP contribution in [0.5, 0.6) is 0 Å². The average Bonchev–Trinajstić information content (AvgIpc) is 2.85.